The van der Waals surface area contributed by atoms with Crippen molar-refractivity contribution < 1.29 is 32.3 Å². The minimum atomic E-state index is -4.87. The van der Waals surface area contributed by atoms with Crippen molar-refractivity contribution in [2.24, 2.45) is 0 Å². The predicted octanol–water partition coefficient (Wildman–Crippen LogP) is 3.27. The van der Waals surface area contributed by atoms with E-state index in [1.54, 1.807) is 0 Å². The zero-order valence-electron chi connectivity index (χ0n) is 11.9. The van der Waals surface area contributed by atoms with Crippen molar-refractivity contribution in [1.82, 2.24) is 9.88 Å². The second-order valence-corrected chi connectivity index (χ2v) is 4.86. The second-order valence-electron chi connectivity index (χ2n) is 4.86. The molecule has 2 N–H and O–H groups in total. The molecule has 1 heterocycles. The number of hydrogen-bond acceptors (Lipinski definition) is 2. The van der Waals surface area contributed by atoms with Crippen LogP contribution >= 0.6 is 0 Å². The number of ketones is 1. The van der Waals surface area contributed by atoms with E-state index < -0.39 is 29.4 Å². The van der Waals surface area contributed by atoms with E-state index in [0.717, 1.165) is 0 Å². The van der Waals surface area contributed by atoms with Crippen LogP contribution in [0.25, 0.3) is 10.9 Å². The van der Waals surface area contributed by atoms with Crippen molar-refractivity contribution in [3.05, 3.63) is 35.3 Å². The Kier molecular flexibility index (Phi) is 4.31. The van der Waals surface area contributed by atoms with Crippen LogP contribution in [0.5, 0.6) is 0 Å². The number of amides is 1. The van der Waals surface area contributed by atoms with E-state index in [4.69, 9.17) is 5.11 Å². The number of fused-ring (bicyclic) bond motifs is 1. The highest BCUT2D eigenvalue weighted by Crippen LogP contribution is 2.34. The summed E-state index contributed by atoms with van der Waals surface area (Å²) in [6.07, 6.45) is -6.17. The summed E-state index contributed by atoms with van der Waals surface area (Å²) >= 11 is 0. The molecule has 1 amide bonds. The van der Waals surface area contributed by atoms with Crippen LogP contribution in [0.15, 0.2) is 18.2 Å². The molecule has 2 rings (SSSR count). The fraction of sp³-hybridized carbons (Fsp3) is 0.286. The zero-order chi connectivity index (χ0) is 17.4. The third-order valence-electron chi connectivity index (χ3n) is 3.27. The van der Waals surface area contributed by atoms with Crippen molar-refractivity contribution in [3.63, 3.8) is 0 Å². The number of hydrogen-bond donors (Lipinski definition) is 2. The predicted molar refractivity (Wildman–Crippen MR) is 72.9 cm³/mol. The molecule has 0 aliphatic rings. The first-order valence-electron chi connectivity index (χ1n) is 6.49. The van der Waals surface area contributed by atoms with E-state index in [-0.39, 0.29) is 29.7 Å². The Morgan fingerprint density at radius 2 is 1.91 bits per heavy atom. The van der Waals surface area contributed by atoms with Gasteiger partial charge in [-0.15, -0.1) is 0 Å². The molecule has 1 aromatic heterocycles. The minimum absolute atomic E-state index is 0.0103. The maximum absolute atomic E-state index is 13.6. The van der Waals surface area contributed by atoms with Crippen molar-refractivity contribution in [3.8, 4) is 0 Å². The van der Waals surface area contributed by atoms with Gasteiger partial charge in [0.25, 0.3) is 0 Å². The van der Waals surface area contributed by atoms with E-state index in [2.05, 4.69) is 5.32 Å². The number of nitrogens with zero attached hydrogens (tertiary/aromatic N) is 1. The van der Waals surface area contributed by atoms with E-state index >= 15 is 0 Å². The Hall–Kier alpha value is -2.58. The van der Waals surface area contributed by atoms with Crippen LogP contribution in [0.3, 0.4) is 0 Å². The van der Waals surface area contributed by atoms with Crippen LogP contribution in [0.1, 0.15) is 23.0 Å². The van der Waals surface area contributed by atoms with Gasteiger partial charge in [-0.05, 0) is 18.2 Å². The van der Waals surface area contributed by atoms with Gasteiger partial charge in [0.1, 0.15) is 5.82 Å². The number of nitrogens with one attached hydrogen (secondary N) is 1. The van der Waals surface area contributed by atoms with Gasteiger partial charge >= 0.3 is 12.3 Å². The Morgan fingerprint density at radius 3 is 2.43 bits per heavy atom. The van der Waals surface area contributed by atoms with Crippen molar-refractivity contribution in [2.45, 2.75) is 19.6 Å². The number of halogens is 4. The summed E-state index contributed by atoms with van der Waals surface area (Å²) in [7, 11) is 0. The largest absolute Gasteiger partial charge is 0.465 e. The van der Waals surface area contributed by atoms with E-state index in [0.29, 0.717) is 12.1 Å². The van der Waals surface area contributed by atoms with Gasteiger partial charge in [-0.2, -0.15) is 13.2 Å². The molecule has 0 saturated carbocycles. The highest BCUT2D eigenvalue weighted by molar-refractivity contribution is 5.98. The molecule has 0 radical (unpaired) electrons. The van der Waals surface area contributed by atoms with Gasteiger partial charge < -0.3 is 15.0 Å². The summed E-state index contributed by atoms with van der Waals surface area (Å²) in [5, 5.41) is 10.7. The lowest BCUT2D eigenvalue weighted by atomic mass is 10.1. The lowest BCUT2D eigenvalue weighted by Gasteiger charge is -2.12. The highest BCUT2D eigenvalue weighted by atomic mass is 19.4. The van der Waals surface area contributed by atoms with Gasteiger partial charge in [0.2, 0.25) is 0 Å². The third-order valence-corrected chi connectivity index (χ3v) is 3.27. The summed E-state index contributed by atoms with van der Waals surface area (Å²) in [5.74, 6) is -1.86. The third kappa shape index (κ3) is 3.43. The molecule has 2 aromatic rings. The molecular weight excluding hydrogens is 320 g/mol. The number of aromatic nitrogens is 1. The van der Waals surface area contributed by atoms with Crippen molar-refractivity contribution in [1.29, 1.82) is 0 Å². The lowest BCUT2D eigenvalue weighted by Crippen LogP contribution is -2.26. The van der Waals surface area contributed by atoms with Crippen LogP contribution in [0.2, 0.25) is 0 Å². The number of carbonyl (C=O) groups excluding carboxylic acids is 1. The molecule has 0 bridgehead atoms. The van der Waals surface area contributed by atoms with Gasteiger partial charge in [0.15, 0.2) is 5.78 Å². The zero-order valence-corrected chi connectivity index (χ0v) is 11.9. The smallest absolute Gasteiger partial charge is 0.419 e. The summed E-state index contributed by atoms with van der Waals surface area (Å²) in [5.41, 5.74) is -1.35. The molecule has 0 atom stereocenters. The lowest BCUT2D eigenvalue weighted by molar-refractivity contribution is -0.139. The Morgan fingerprint density at radius 1 is 1.26 bits per heavy atom. The Labute approximate surface area is 127 Å². The van der Waals surface area contributed by atoms with E-state index in [9.17, 15) is 27.2 Å². The first-order chi connectivity index (χ1) is 10.6. The topological polar surface area (TPSA) is 71.3 Å². The highest BCUT2D eigenvalue weighted by Gasteiger charge is 2.35. The van der Waals surface area contributed by atoms with E-state index in [1.165, 1.54) is 17.6 Å². The maximum atomic E-state index is 13.6. The van der Waals surface area contributed by atoms with Crippen LogP contribution in [0, 0.1) is 5.82 Å². The molecule has 1 aromatic carbocycles. The average Bonchev–Trinajstić information content (AvgIpc) is 2.74. The normalized spacial score (nSPS) is 11.7. The van der Waals surface area contributed by atoms with Crippen molar-refractivity contribution >= 4 is 22.8 Å². The maximum Gasteiger partial charge on any atom is 0.419 e. The van der Waals surface area contributed by atoms with Crippen molar-refractivity contribution in [2.75, 3.05) is 6.54 Å². The molecule has 23 heavy (non-hydrogen) atoms. The monoisotopic (exact) mass is 332 g/mol. The van der Waals surface area contributed by atoms with Gasteiger partial charge in [-0.25, -0.2) is 9.18 Å². The number of benzene rings is 1. The summed E-state index contributed by atoms with van der Waals surface area (Å²) < 4.78 is 53.3. The van der Waals surface area contributed by atoms with Gasteiger partial charge in [0, 0.05) is 30.9 Å². The Bertz CT molecular complexity index is 780. The molecule has 5 nitrogen and oxygen atoms in total. The average molecular weight is 332 g/mol. The van der Waals surface area contributed by atoms with Crippen LogP contribution < -0.4 is 5.32 Å². The quantitative estimate of drug-likeness (QED) is 0.667. The molecule has 0 saturated heterocycles. The molecule has 0 spiro atoms. The summed E-state index contributed by atoms with van der Waals surface area (Å²) in [6.45, 7) is 1.04. The van der Waals surface area contributed by atoms with Crippen LogP contribution in [-0.2, 0) is 12.7 Å². The van der Waals surface area contributed by atoms with Crippen LogP contribution in [-0.4, -0.2) is 28.1 Å². The molecule has 0 unspecified atom stereocenters. The molecular formula is C14H12F4N2O3. The van der Waals surface area contributed by atoms with Gasteiger partial charge in [-0.1, -0.05) is 0 Å². The summed E-state index contributed by atoms with van der Waals surface area (Å²) in [4.78, 5) is 22.1. The number of carbonyl (C=O) groups is 2. The molecule has 0 fully saturated rings. The number of carboxylic acid groups (broad SMARTS) is 1. The van der Waals surface area contributed by atoms with E-state index in [1.807, 2.05) is 0 Å². The molecule has 0 aliphatic carbocycles. The summed E-state index contributed by atoms with van der Waals surface area (Å²) in [6, 6.07) is 2.62. The first kappa shape index (κ1) is 16.8. The fourth-order valence-electron chi connectivity index (χ4n) is 2.31. The SMILES string of the molecule is CC(=O)c1cc2cc(F)c(C(F)(F)F)cc2n1CCNC(=O)O. The second kappa shape index (κ2) is 5.90. The van der Waals surface area contributed by atoms with Gasteiger partial charge in [0.05, 0.1) is 11.3 Å². The Balaban J connectivity index is 2.58. The number of rotatable bonds is 4. The molecule has 9 heteroatoms. The van der Waals surface area contributed by atoms with Crippen LogP contribution in [0.4, 0.5) is 22.4 Å². The first-order valence-corrected chi connectivity index (χ1v) is 6.49. The standard InChI is InChI=1S/C14H12F4N2O3/c1-7(21)11-5-8-4-10(15)9(14(16,17)18)6-12(8)20(11)3-2-19-13(22)23/h4-6,19H,2-3H2,1H3,(H,22,23). The fourth-order valence-corrected chi connectivity index (χ4v) is 2.31. The minimum Gasteiger partial charge on any atom is -0.465 e. The number of alkyl halides is 3. The molecule has 0 aliphatic heterocycles. The molecule has 124 valence electrons. The number of Topliss-reactive ketones (excluding diaryl/α,β-unsaturated/α-hetero) is 1. The van der Waals surface area contributed by atoms with Gasteiger partial charge in [-0.3, -0.25) is 4.79 Å².